The molecule has 0 bridgehead atoms. The van der Waals surface area contributed by atoms with E-state index in [1.807, 2.05) is 48.5 Å². The Morgan fingerprint density at radius 2 is 1.68 bits per heavy atom. The van der Waals surface area contributed by atoms with E-state index in [-0.39, 0.29) is 6.10 Å². The lowest BCUT2D eigenvalue weighted by molar-refractivity contribution is 0.0487. The molecule has 4 aromatic rings. The van der Waals surface area contributed by atoms with Crippen molar-refractivity contribution in [2.45, 2.75) is 18.8 Å². The van der Waals surface area contributed by atoms with Crippen LogP contribution in [0.4, 0.5) is 0 Å². The van der Waals surface area contributed by atoms with Crippen LogP contribution in [-0.2, 0) is 6.42 Å². The van der Waals surface area contributed by atoms with Crippen LogP contribution in [0.3, 0.4) is 0 Å². The van der Waals surface area contributed by atoms with Crippen LogP contribution in [0.25, 0.3) is 10.9 Å². The first-order chi connectivity index (χ1) is 13.8. The fourth-order valence-corrected chi connectivity index (χ4v) is 3.81. The van der Waals surface area contributed by atoms with Gasteiger partial charge in [0.1, 0.15) is 18.2 Å². The van der Waals surface area contributed by atoms with Gasteiger partial charge in [0.25, 0.3) is 6.29 Å². The summed E-state index contributed by atoms with van der Waals surface area (Å²) in [6.07, 6.45) is 3.73. The predicted molar refractivity (Wildman–Crippen MR) is 103 cm³/mol. The second-order valence-corrected chi connectivity index (χ2v) is 7.03. The smallest absolute Gasteiger partial charge is 0.268 e. The van der Waals surface area contributed by atoms with E-state index >= 15 is 0 Å². The highest BCUT2D eigenvalue weighted by Gasteiger charge is 2.29. The van der Waals surface area contributed by atoms with Crippen molar-refractivity contribution >= 4 is 10.9 Å². The molecule has 3 heterocycles. The number of aromatic nitrogens is 2. The van der Waals surface area contributed by atoms with Crippen molar-refractivity contribution < 1.29 is 14.2 Å². The van der Waals surface area contributed by atoms with Crippen LogP contribution in [0.5, 0.6) is 17.2 Å². The molecule has 0 radical (unpaired) electrons. The first kappa shape index (κ1) is 15.5. The van der Waals surface area contributed by atoms with Gasteiger partial charge < -0.3 is 14.2 Å². The summed E-state index contributed by atoms with van der Waals surface area (Å²) in [7, 11) is 0. The number of hydrogen-bond acceptors (Lipinski definition) is 5. The topological polar surface area (TPSA) is 53.5 Å². The zero-order chi connectivity index (χ0) is 18.5. The molecule has 0 spiro atoms. The Balaban J connectivity index is 1.27. The van der Waals surface area contributed by atoms with E-state index < -0.39 is 6.29 Å². The Kier molecular flexibility index (Phi) is 3.29. The molecular formula is C23H16N2O3. The number of fused-ring (bicyclic) bond motifs is 3. The molecule has 2 atom stereocenters. The molecule has 0 fully saturated rings. The van der Waals surface area contributed by atoms with Gasteiger partial charge >= 0.3 is 0 Å². The molecule has 0 aliphatic carbocycles. The maximum Gasteiger partial charge on any atom is 0.268 e. The van der Waals surface area contributed by atoms with Crippen molar-refractivity contribution in [2.24, 2.45) is 0 Å². The Hall–Kier alpha value is -3.60. The minimum Gasteiger partial charge on any atom is -0.485 e. The molecule has 0 N–H and O–H groups in total. The third-order valence-corrected chi connectivity index (χ3v) is 5.26. The maximum absolute atomic E-state index is 6.10. The fourth-order valence-electron chi connectivity index (χ4n) is 3.81. The molecule has 5 heteroatoms. The summed E-state index contributed by atoms with van der Waals surface area (Å²) < 4.78 is 18.2. The molecule has 2 aliphatic rings. The van der Waals surface area contributed by atoms with E-state index in [1.165, 1.54) is 5.56 Å². The van der Waals surface area contributed by atoms with Gasteiger partial charge in [0, 0.05) is 23.6 Å². The maximum atomic E-state index is 6.10. The van der Waals surface area contributed by atoms with Crippen molar-refractivity contribution in [3.63, 3.8) is 0 Å². The van der Waals surface area contributed by atoms with Gasteiger partial charge in [0.15, 0.2) is 11.5 Å². The molecule has 0 saturated carbocycles. The molecule has 136 valence electrons. The van der Waals surface area contributed by atoms with Crippen molar-refractivity contribution in [2.75, 3.05) is 0 Å². The second-order valence-electron chi connectivity index (χ2n) is 7.03. The molecule has 28 heavy (non-hydrogen) atoms. The number of benzene rings is 3. The summed E-state index contributed by atoms with van der Waals surface area (Å²) in [4.78, 5) is 8.36. The van der Waals surface area contributed by atoms with Crippen molar-refractivity contribution in [1.29, 1.82) is 0 Å². The van der Waals surface area contributed by atoms with Gasteiger partial charge in [-0.1, -0.05) is 36.4 Å². The normalized spacial score (nSPS) is 19.4. The highest BCUT2D eigenvalue weighted by Crippen LogP contribution is 2.44. The molecule has 1 aromatic heterocycles. The van der Waals surface area contributed by atoms with E-state index in [1.54, 1.807) is 12.5 Å². The second kappa shape index (κ2) is 5.96. The molecular weight excluding hydrogens is 352 g/mol. The summed E-state index contributed by atoms with van der Waals surface area (Å²) in [5, 5.41) is 0.988. The summed E-state index contributed by atoms with van der Waals surface area (Å²) in [6, 6.07) is 20.1. The van der Waals surface area contributed by atoms with Crippen LogP contribution in [0.15, 0.2) is 73.2 Å². The Morgan fingerprint density at radius 3 is 2.64 bits per heavy atom. The molecule has 3 aromatic carbocycles. The Bertz CT molecular complexity index is 1180. The summed E-state index contributed by atoms with van der Waals surface area (Å²) in [6.45, 7) is 0. The summed E-state index contributed by atoms with van der Waals surface area (Å²) >= 11 is 0. The van der Waals surface area contributed by atoms with Crippen LogP contribution in [-0.4, -0.2) is 9.97 Å². The monoisotopic (exact) mass is 368 g/mol. The van der Waals surface area contributed by atoms with Gasteiger partial charge in [0.2, 0.25) is 0 Å². The summed E-state index contributed by atoms with van der Waals surface area (Å²) in [5.74, 6) is 2.44. The largest absolute Gasteiger partial charge is 0.485 e. The number of ether oxygens (including phenoxy) is 3. The zero-order valence-corrected chi connectivity index (χ0v) is 14.9. The molecule has 2 unspecified atom stereocenters. The van der Waals surface area contributed by atoms with Gasteiger partial charge in [-0.25, -0.2) is 9.97 Å². The average molecular weight is 368 g/mol. The average Bonchev–Trinajstić information content (AvgIpc) is 3.37. The van der Waals surface area contributed by atoms with Crippen molar-refractivity contribution in [3.8, 4) is 17.2 Å². The quantitative estimate of drug-likeness (QED) is 0.510. The van der Waals surface area contributed by atoms with Crippen LogP contribution in [0.2, 0.25) is 0 Å². The van der Waals surface area contributed by atoms with Crippen LogP contribution in [0.1, 0.15) is 29.1 Å². The van der Waals surface area contributed by atoms with Crippen LogP contribution in [0, 0.1) is 0 Å². The number of para-hydroxylation sites is 1. The third kappa shape index (κ3) is 2.47. The summed E-state index contributed by atoms with van der Waals surface area (Å²) in [5.41, 5.74) is 4.12. The predicted octanol–water partition coefficient (Wildman–Crippen LogP) is 4.78. The van der Waals surface area contributed by atoms with E-state index in [4.69, 9.17) is 14.2 Å². The molecule has 6 rings (SSSR count). The lowest BCUT2D eigenvalue weighted by Crippen LogP contribution is -2.08. The minimum atomic E-state index is -0.480. The zero-order valence-electron chi connectivity index (χ0n) is 14.9. The van der Waals surface area contributed by atoms with Gasteiger partial charge in [-0.05, 0) is 35.4 Å². The van der Waals surface area contributed by atoms with E-state index in [0.29, 0.717) is 0 Å². The van der Waals surface area contributed by atoms with Gasteiger partial charge in [-0.15, -0.1) is 0 Å². The first-order valence-electron chi connectivity index (χ1n) is 9.25. The highest BCUT2D eigenvalue weighted by molar-refractivity contribution is 5.78. The van der Waals surface area contributed by atoms with E-state index in [0.717, 1.165) is 45.7 Å². The van der Waals surface area contributed by atoms with Gasteiger partial charge in [-0.2, -0.15) is 0 Å². The van der Waals surface area contributed by atoms with Crippen molar-refractivity contribution in [1.82, 2.24) is 9.97 Å². The standard InChI is InChI=1S/C23H16N2O3/c1-2-4-19-14(3-1)10-21(26-19)15-7-8-20-22(11-15)28-23(27-20)16-5-6-17-12-24-13-25-18(17)9-16/h1-9,11-13,21,23H,10H2. The highest BCUT2D eigenvalue weighted by atomic mass is 16.7. The van der Waals surface area contributed by atoms with Gasteiger partial charge in [-0.3, -0.25) is 0 Å². The van der Waals surface area contributed by atoms with Crippen molar-refractivity contribution in [3.05, 3.63) is 89.9 Å². The minimum absolute atomic E-state index is 0.00252. The van der Waals surface area contributed by atoms with Crippen LogP contribution < -0.4 is 14.2 Å². The Morgan fingerprint density at radius 1 is 0.786 bits per heavy atom. The fraction of sp³-hybridized carbons (Fsp3) is 0.130. The number of rotatable bonds is 2. The molecule has 5 nitrogen and oxygen atoms in total. The lowest BCUT2D eigenvalue weighted by atomic mass is 10.0. The third-order valence-electron chi connectivity index (χ3n) is 5.26. The van der Waals surface area contributed by atoms with Gasteiger partial charge in [0.05, 0.1) is 5.52 Å². The van der Waals surface area contributed by atoms with E-state index in [2.05, 4.69) is 22.1 Å². The molecule has 0 amide bonds. The number of nitrogens with zero attached hydrogens (tertiary/aromatic N) is 2. The SMILES string of the molecule is c1ccc2c(c1)CC(c1ccc3c(c1)OC(c1ccc4cncnc4c1)O3)O2. The number of hydrogen-bond donors (Lipinski definition) is 0. The van der Waals surface area contributed by atoms with Crippen LogP contribution >= 0.6 is 0 Å². The van der Waals surface area contributed by atoms with E-state index in [9.17, 15) is 0 Å². The Labute approximate surface area is 161 Å². The molecule has 0 saturated heterocycles. The first-order valence-corrected chi connectivity index (χ1v) is 9.25. The molecule has 2 aliphatic heterocycles. The lowest BCUT2D eigenvalue weighted by Gasteiger charge is -2.12.